The van der Waals surface area contributed by atoms with Gasteiger partial charge in [0.05, 0.1) is 12.1 Å². The highest BCUT2D eigenvalue weighted by Crippen LogP contribution is 2.40. The van der Waals surface area contributed by atoms with Gasteiger partial charge in [-0.15, -0.1) is 11.3 Å². The Balaban J connectivity index is 1.52. The van der Waals surface area contributed by atoms with Crippen molar-refractivity contribution in [2.45, 2.75) is 52.1 Å². The third kappa shape index (κ3) is 4.41. The standard InChI is InChI=1S/C25H33N3O2S/c1-4-7-23(29)26-13-15-27(16-14-26)25(30)19(3)28-12-10-22-21(11-17-31-22)24(28)20-9-6-5-8-18(20)2/h5-6,8-9,11,17,19,24H,4,7,10,12-16H2,1-3H3. The van der Waals surface area contributed by atoms with Crippen LogP contribution in [0.4, 0.5) is 0 Å². The Morgan fingerprint density at radius 3 is 2.45 bits per heavy atom. The van der Waals surface area contributed by atoms with Crippen molar-refractivity contribution in [3.8, 4) is 0 Å². The number of hydrogen-bond donors (Lipinski definition) is 0. The topological polar surface area (TPSA) is 43.9 Å². The van der Waals surface area contributed by atoms with Gasteiger partial charge in [0.2, 0.25) is 11.8 Å². The molecule has 1 aromatic carbocycles. The maximum absolute atomic E-state index is 13.5. The van der Waals surface area contributed by atoms with Crippen molar-refractivity contribution in [3.63, 3.8) is 0 Å². The predicted molar refractivity (Wildman–Crippen MR) is 125 cm³/mol. The van der Waals surface area contributed by atoms with Crippen molar-refractivity contribution >= 4 is 23.2 Å². The maximum atomic E-state index is 13.5. The van der Waals surface area contributed by atoms with E-state index in [0.29, 0.717) is 32.6 Å². The van der Waals surface area contributed by atoms with Crippen molar-refractivity contribution < 1.29 is 9.59 Å². The van der Waals surface area contributed by atoms with E-state index in [4.69, 9.17) is 0 Å². The predicted octanol–water partition coefficient (Wildman–Crippen LogP) is 3.86. The van der Waals surface area contributed by atoms with Crippen LogP contribution in [-0.2, 0) is 16.0 Å². The van der Waals surface area contributed by atoms with Gasteiger partial charge in [-0.25, -0.2) is 0 Å². The van der Waals surface area contributed by atoms with Crippen LogP contribution in [0, 0.1) is 6.92 Å². The number of carbonyl (C=O) groups excluding carboxylic acids is 2. The van der Waals surface area contributed by atoms with E-state index in [1.165, 1.54) is 21.6 Å². The van der Waals surface area contributed by atoms with Gasteiger partial charge in [-0.1, -0.05) is 31.2 Å². The number of fused-ring (bicyclic) bond motifs is 1. The molecule has 0 aliphatic carbocycles. The highest BCUT2D eigenvalue weighted by molar-refractivity contribution is 7.10. The summed E-state index contributed by atoms with van der Waals surface area (Å²) in [4.78, 5) is 33.4. The lowest BCUT2D eigenvalue weighted by molar-refractivity contribution is -0.143. The van der Waals surface area contributed by atoms with Crippen LogP contribution >= 0.6 is 11.3 Å². The van der Waals surface area contributed by atoms with E-state index in [9.17, 15) is 9.59 Å². The molecule has 1 saturated heterocycles. The summed E-state index contributed by atoms with van der Waals surface area (Å²) in [6.45, 7) is 9.68. The zero-order valence-electron chi connectivity index (χ0n) is 18.8. The highest BCUT2D eigenvalue weighted by Gasteiger charge is 2.37. The van der Waals surface area contributed by atoms with E-state index in [0.717, 1.165) is 19.4 Å². The Kier molecular flexibility index (Phi) is 6.77. The Hall–Kier alpha value is -2.18. The summed E-state index contributed by atoms with van der Waals surface area (Å²) in [7, 11) is 0. The fourth-order valence-electron chi connectivity index (χ4n) is 4.95. The van der Waals surface area contributed by atoms with Gasteiger partial charge < -0.3 is 9.80 Å². The van der Waals surface area contributed by atoms with E-state index in [-0.39, 0.29) is 23.9 Å². The molecule has 6 heteroatoms. The molecule has 3 heterocycles. The van der Waals surface area contributed by atoms with Crippen molar-refractivity contribution in [3.05, 3.63) is 57.3 Å². The lowest BCUT2D eigenvalue weighted by Crippen LogP contribution is -2.56. The molecular formula is C25H33N3O2S. The van der Waals surface area contributed by atoms with Gasteiger partial charge in [0.25, 0.3) is 0 Å². The number of carbonyl (C=O) groups is 2. The number of thiophene rings is 1. The fourth-order valence-corrected chi connectivity index (χ4v) is 5.85. The van der Waals surface area contributed by atoms with Crippen molar-refractivity contribution in [2.75, 3.05) is 32.7 Å². The van der Waals surface area contributed by atoms with Crippen LogP contribution in [0.2, 0.25) is 0 Å². The lowest BCUT2D eigenvalue weighted by Gasteiger charge is -2.43. The van der Waals surface area contributed by atoms with Crippen LogP contribution in [-0.4, -0.2) is 65.3 Å². The number of rotatable bonds is 5. The molecule has 2 aliphatic rings. The number of aryl methyl sites for hydroxylation is 1. The molecule has 0 bridgehead atoms. The monoisotopic (exact) mass is 439 g/mol. The quantitative estimate of drug-likeness (QED) is 0.711. The Bertz CT molecular complexity index is 932. The first-order chi connectivity index (χ1) is 15.0. The zero-order valence-corrected chi connectivity index (χ0v) is 19.7. The molecule has 2 atom stereocenters. The van der Waals surface area contributed by atoms with E-state index >= 15 is 0 Å². The lowest BCUT2D eigenvalue weighted by atomic mass is 9.89. The maximum Gasteiger partial charge on any atom is 0.239 e. The summed E-state index contributed by atoms with van der Waals surface area (Å²) in [5.41, 5.74) is 3.90. The molecule has 2 unspecified atom stereocenters. The molecule has 1 aromatic heterocycles. The zero-order chi connectivity index (χ0) is 22.0. The number of hydrogen-bond acceptors (Lipinski definition) is 4. The molecule has 5 nitrogen and oxygen atoms in total. The van der Waals surface area contributed by atoms with Crippen molar-refractivity contribution in [1.82, 2.24) is 14.7 Å². The minimum atomic E-state index is -0.199. The summed E-state index contributed by atoms with van der Waals surface area (Å²) >= 11 is 1.83. The molecule has 31 heavy (non-hydrogen) atoms. The van der Waals surface area contributed by atoms with Crippen molar-refractivity contribution in [1.29, 1.82) is 0 Å². The average molecular weight is 440 g/mol. The normalized spacial score (nSPS) is 20.4. The van der Waals surface area contributed by atoms with E-state index in [1.807, 2.05) is 28.1 Å². The van der Waals surface area contributed by atoms with Crippen LogP contribution in [0.3, 0.4) is 0 Å². The molecule has 4 rings (SSSR count). The minimum absolute atomic E-state index is 0.113. The van der Waals surface area contributed by atoms with Gasteiger partial charge in [0.1, 0.15) is 0 Å². The van der Waals surface area contributed by atoms with Crippen LogP contribution in [0.15, 0.2) is 35.7 Å². The molecule has 2 amide bonds. The summed E-state index contributed by atoms with van der Waals surface area (Å²) in [6, 6.07) is 10.7. The number of amides is 2. The van der Waals surface area contributed by atoms with Crippen LogP contribution < -0.4 is 0 Å². The van der Waals surface area contributed by atoms with Gasteiger partial charge >= 0.3 is 0 Å². The molecule has 166 valence electrons. The molecule has 0 saturated carbocycles. The third-order valence-corrected chi connectivity index (χ3v) is 7.75. The Morgan fingerprint density at radius 2 is 1.74 bits per heavy atom. The number of benzene rings is 1. The smallest absolute Gasteiger partial charge is 0.239 e. The van der Waals surface area contributed by atoms with E-state index in [1.54, 1.807) is 0 Å². The summed E-state index contributed by atoms with van der Waals surface area (Å²) in [5, 5.41) is 2.18. The van der Waals surface area contributed by atoms with Crippen molar-refractivity contribution in [2.24, 2.45) is 0 Å². The fraction of sp³-hybridized carbons (Fsp3) is 0.520. The molecule has 0 radical (unpaired) electrons. The molecular weight excluding hydrogens is 406 g/mol. The molecule has 1 fully saturated rings. The number of nitrogens with zero attached hydrogens (tertiary/aromatic N) is 3. The molecule has 0 spiro atoms. The second-order valence-corrected chi connectivity index (χ2v) is 9.68. The molecule has 0 N–H and O–H groups in total. The number of piperazine rings is 1. The van der Waals surface area contributed by atoms with Gasteiger partial charge in [-0.2, -0.15) is 0 Å². The van der Waals surface area contributed by atoms with Crippen LogP contribution in [0.25, 0.3) is 0 Å². The summed E-state index contributed by atoms with van der Waals surface area (Å²) < 4.78 is 0. The first-order valence-electron chi connectivity index (χ1n) is 11.4. The van der Waals surface area contributed by atoms with Crippen LogP contribution in [0.1, 0.15) is 54.3 Å². The van der Waals surface area contributed by atoms with E-state index < -0.39 is 0 Å². The summed E-state index contributed by atoms with van der Waals surface area (Å²) in [5.74, 6) is 0.392. The minimum Gasteiger partial charge on any atom is -0.339 e. The Labute approximate surface area is 189 Å². The first kappa shape index (κ1) is 22.0. The highest BCUT2D eigenvalue weighted by atomic mass is 32.1. The molecule has 2 aliphatic heterocycles. The van der Waals surface area contributed by atoms with Gasteiger partial charge in [-0.3, -0.25) is 14.5 Å². The second kappa shape index (κ2) is 9.53. The van der Waals surface area contributed by atoms with Gasteiger partial charge in [0, 0.05) is 44.0 Å². The average Bonchev–Trinajstić information content (AvgIpc) is 3.27. The Morgan fingerprint density at radius 1 is 1.03 bits per heavy atom. The van der Waals surface area contributed by atoms with E-state index in [2.05, 4.69) is 54.5 Å². The first-order valence-corrected chi connectivity index (χ1v) is 12.3. The molecule has 2 aromatic rings. The summed E-state index contributed by atoms with van der Waals surface area (Å²) in [6.07, 6.45) is 2.46. The van der Waals surface area contributed by atoms with Gasteiger partial charge in [-0.05, 0) is 54.8 Å². The second-order valence-electron chi connectivity index (χ2n) is 8.68. The SMILES string of the molecule is CCCC(=O)N1CCN(C(=O)C(C)N2CCc3sccc3C2c2ccccc2C)CC1. The van der Waals surface area contributed by atoms with Gasteiger partial charge in [0.15, 0.2) is 0 Å². The third-order valence-electron chi connectivity index (χ3n) is 6.75. The van der Waals surface area contributed by atoms with Crippen LogP contribution in [0.5, 0.6) is 0 Å². The largest absolute Gasteiger partial charge is 0.339 e.